The Morgan fingerprint density at radius 3 is 3.08 bits per heavy atom. The molecule has 2 rings (SSSR count). The molecule has 0 saturated heterocycles. The first kappa shape index (κ1) is 8.04. The summed E-state index contributed by atoms with van der Waals surface area (Å²) in [5, 5.41) is 3.16. The second-order valence-electron chi connectivity index (χ2n) is 2.72. The lowest BCUT2D eigenvalue weighted by Crippen LogP contribution is -2.20. The normalized spacial score (nSPS) is 15.0. The number of hydrogen-bond acceptors (Lipinski definition) is 4. The van der Waals surface area contributed by atoms with E-state index in [1.807, 2.05) is 18.2 Å². The molecule has 0 spiro atoms. The third-order valence-corrected chi connectivity index (χ3v) is 1.85. The van der Waals surface area contributed by atoms with Crippen molar-refractivity contribution in [1.82, 2.24) is 10.3 Å². The summed E-state index contributed by atoms with van der Waals surface area (Å²) in [5.41, 5.74) is 0.844. The first-order valence-electron chi connectivity index (χ1n) is 4.20. The zero-order valence-corrected chi connectivity index (χ0v) is 7.45. The first-order chi connectivity index (χ1) is 6.40. The fourth-order valence-electron chi connectivity index (χ4n) is 1.23. The van der Waals surface area contributed by atoms with Crippen molar-refractivity contribution in [2.45, 2.75) is 0 Å². The van der Waals surface area contributed by atoms with Gasteiger partial charge in [-0.3, -0.25) is 4.99 Å². The Kier molecular flexibility index (Phi) is 2.12. The van der Waals surface area contributed by atoms with Crippen molar-refractivity contribution < 1.29 is 4.74 Å². The number of nitrogens with one attached hydrogen (secondary N) is 1. The molecule has 1 aliphatic heterocycles. The molecule has 4 nitrogen and oxygen atoms in total. The summed E-state index contributed by atoms with van der Waals surface area (Å²) in [6, 6.07) is 5.64. The topological polar surface area (TPSA) is 46.5 Å². The summed E-state index contributed by atoms with van der Waals surface area (Å²) < 4.78 is 5.02. The molecule has 0 atom stereocenters. The minimum atomic E-state index is 0.619. The van der Waals surface area contributed by atoms with Gasteiger partial charge >= 0.3 is 0 Å². The van der Waals surface area contributed by atoms with Crippen molar-refractivity contribution in [1.29, 1.82) is 0 Å². The van der Waals surface area contributed by atoms with Crippen LogP contribution < -0.4 is 10.1 Å². The standard InChI is InChI=1S/C9H11N3O/c1-13-8-4-2-3-7(12-8)9-10-5-6-11-9/h2-4H,5-6H2,1H3,(H,10,11). The second kappa shape index (κ2) is 3.43. The van der Waals surface area contributed by atoms with E-state index in [2.05, 4.69) is 15.3 Å². The van der Waals surface area contributed by atoms with E-state index in [9.17, 15) is 0 Å². The van der Waals surface area contributed by atoms with Crippen molar-refractivity contribution in [2.24, 2.45) is 4.99 Å². The quantitative estimate of drug-likeness (QED) is 0.713. The van der Waals surface area contributed by atoms with Crippen molar-refractivity contribution in [3.63, 3.8) is 0 Å². The second-order valence-corrected chi connectivity index (χ2v) is 2.72. The fraction of sp³-hybridized carbons (Fsp3) is 0.333. The van der Waals surface area contributed by atoms with Gasteiger partial charge in [0.1, 0.15) is 11.5 Å². The highest BCUT2D eigenvalue weighted by atomic mass is 16.5. The van der Waals surface area contributed by atoms with E-state index in [0.29, 0.717) is 5.88 Å². The van der Waals surface area contributed by atoms with Crippen LogP contribution in [-0.2, 0) is 0 Å². The number of hydrogen-bond donors (Lipinski definition) is 1. The van der Waals surface area contributed by atoms with Crippen LogP contribution in [0.5, 0.6) is 5.88 Å². The van der Waals surface area contributed by atoms with Gasteiger partial charge in [0.2, 0.25) is 5.88 Å². The number of nitrogens with zero attached hydrogens (tertiary/aromatic N) is 2. The molecule has 13 heavy (non-hydrogen) atoms. The van der Waals surface area contributed by atoms with Crippen LogP contribution >= 0.6 is 0 Å². The van der Waals surface area contributed by atoms with Crippen LogP contribution in [0, 0.1) is 0 Å². The van der Waals surface area contributed by atoms with E-state index in [4.69, 9.17) is 4.74 Å². The summed E-state index contributed by atoms with van der Waals surface area (Å²) in [7, 11) is 1.61. The molecule has 0 fully saturated rings. The van der Waals surface area contributed by atoms with Crippen LogP contribution in [0.2, 0.25) is 0 Å². The summed E-state index contributed by atoms with van der Waals surface area (Å²) in [6.07, 6.45) is 0. The van der Waals surface area contributed by atoms with Gasteiger partial charge in [0.25, 0.3) is 0 Å². The SMILES string of the molecule is COc1cccc(C2=NCCN2)n1. The Balaban J connectivity index is 2.29. The molecule has 1 aliphatic rings. The molecular weight excluding hydrogens is 166 g/mol. The van der Waals surface area contributed by atoms with Crippen LogP contribution in [0.1, 0.15) is 5.69 Å². The van der Waals surface area contributed by atoms with Crippen LogP contribution in [0.4, 0.5) is 0 Å². The average Bonchev–Trinajstić information content (AvgIpc) is 2.71. The fourth-order valence-corrected chi connectivity index (χ4v) is 1.23. The van der Waals surface area contributed by atoms with E-state index in [0.717, 1.165) is 24.6 Å². The largest absolute Gasteiger partial charge is 0.481 e. The molecule has 2 heterocycles. The lowest BCUT2D eigenvalue weighted by molar-refractivity contribution is 0.397. The zero-order valence-electron chi connectivity index (χ0n) is 7.45. The molecule has 0 unspecified atom stereocenters. The Morgan fingerprint density at radius 1 is 1.46 bits per heavy atom. The van der Waals surface area contributed by atoms with E-state index in [1.54, 1.807) is 7.11 Å². The third kappa shape index (κ3) is 1.61. The number of methoxy groups -OCH3 is 1. The van der Waals surface area contributed by atoms with E-state index in [1.165, 1.54) is 0 Å². The molecule has 0 bridgehead atoms. The van der Waals surface area contributed by atoms with Crippen molar-refractivity contribution in [3.05, 3.63) is 23.9 Å². The predicted molar refractivity (Wildman–Crippen MR) is 50.2 cm³/mol. The van der Waals surface area contributed by atoms with E-state index in [-0.39, 0.29) is 0 Å². The minimum Gasteiger partial charge on any atom is -0.481 e. The van der Waals surface area contributed by atoms with Crippen molar-refractivity contribution in [2.75, 3.05) is 20.2 Å². The molecule has 0 amide bonds. The number of aliphatic imine (C=N–C) groups is 1. The van der Waals surface area contributed by atoms with Gasteiger partial charge in [-0.1, -0.05) is 6.07 Å². The molecule has 68 valence electrons. The van der Waals surface area contributed by atoms with Gasteiger partial charge in [-0.05, 0) is 6.07 Å². The maximum atomic E-state index is 5.02. The highest BCUT2D eigenvalue weighted by molar-refractivity contribution is 5.98. The molecule has 1 N–H and O–H groups in total. The Bertz CT molecular complexity index is 335. The number of pyridine rings is 1. The molecule has 0 aliphatic carbocycles. The lowest BCUT2D eigenvalue weighted by Gasteiger charge is -2.03. The van der Waals surface area contributed by atoms with Gasteiger partial charge in [0.05, 0.1) is 13.7 Å². The summed E-state index contributed by atoms with van der Waals surface area (Å²) in [4.78, 5) is 8.53. The van der Waals surface area contributed by atoms with Crippen LogP contribution in [0.15, 0.2) is 23.2 Å². The average molecular weight is 177 g/mol. The Morgan fingerprint density at radius 2 is 2.38 bits per heavy atom. The monoisotopic (exact) mass is 177 g/mol. The highest BCUT2D eigenvalue weighted by Crippen LogP contribution is 2.07. The molecule has 1 aromatic heterocycles. The molecule has 1 aromatic rings. The number of amidine groups is 1. The molecular formula is C9H11N3O. The van der Waals surface area contributed by atoms with E-state index >= 15 is 0 Å². The Hall–Kier alpha value is -1.58. The van der Waals surface area contributed by atoms with Crippen molar-refractivity contribution >= 4 is 5.84 Å². The van der Waals surface area contributed by atoms with Gasteiger partial charge in [-0.25, -0.2) is 4.98 Å². The van der Waals surface area contributed by atoms with Crippen LogP contribution in [-0.4, -0.2) is 31.0 Å². The Labute approximate surface area is 76.7 Å². The minimum absolute atomic E-state index is 0.619. The maximum absolute atomic E-state index is 5.02. The smallest absolute Gasteiger partial charge is 0.213 e. The van der Waals surface area contributed by atoms with Crippen LogP contribution in [0.25, 0.3) is 0 Å². The first-order valence-corrected chi connectivity index (χ1v) is 4.20. The molecule has 0 radical (unpaired) electrons. The molecule has 0 saturated carbocycles. The van der Waals surface area contributed by atoms with Gasteiger partial charge < -0.3 is 10.1 Å². The summed E-state index contributed by atoms with van der Waals surface area (Å²) in [6.45, 7) is 1.72. The summed E-state index contributed by atoms with van der Waals surface area (Å²) >= 11 is 0. The van der Waals surface area contributed by atoms with Crippen LogP contribution in [0.3, 0.4) is 0 Å². The van der Waals surface area contributed by atoms with Gasteiger partial charge in [0.15, 0.2) is 0 Å². The van der Waals surface area contributed by atoms with Gasteiger partial charge in [-0.15, -0.1) is 0 Å². The van der Waals surface area contributed by atoms with Gasteiger partial charge in [-0.2, -0.15) is 0 Å². The lowest BCUT2D eigenvalue weighted by atomic mass is 10.3. The number of ether oxygens (including phenoxy) is 1. The molecule has 4 heteroatoms. The van der Waals surface area contributed by atoms with E-state index < -0.39 is 0 Å². The van der Waals surface area contributed by atoms with Crippen molar-refractivity contribution in [3.8, 4) is 5.88 Å². The zero-order chi connectivity index (χ0) is 9.10. The number of rotatable bonds is 2. The number of aromatic nitrogens is 1. The predicted octanol–water partition coefficient (Wildman–Crippen LogP) is 0.440. The van der Waals surface area contributed by atoms with Gasteiger partial charge in [0, 0.05) is 12.6 Å². The maximum Gasteiger partial charge on any atom is 0.213 e. The summed E-state index contributed by atoms with van der Waals surface area (Å²) in [5.74, 6) is 1.48. The highest BCUT2D eigenvalue weighted by Gasteiger charge is 2.09. The molecule has 0 aromatic carbocycles. The third-order valence-electron chi connectivity index (χ3n) is 1.85.